The molecule has 1 atom stereocenters. The fourth-order valence-electron chi connectivity index (χ4n) is 3.05. The summed E-state index contributed by atoms with van der Waals surface area (Å²) < 4.78 is 1.70. The molecular formula is C19H16ClN5O3. The lowest BCUT2D eigenvalue weighted by molar-refractivity contribution is -0.384. The van der Waals surface area contributed by atoms with Gasteiger partial charge in [-0.2, -0.15) is 5.10 Å². The van der Waals surface area contributed by atoms with E-state index in [1.165, 1.54) is 24.3 Å². The standard InChI is InChI=1S/C19H16ClN5O3/c1-11-17(20)19-22-18(14-4-2-3-5-15(14)24(19)23-11)21-10-16(26)12-6-8-13(9-7-12)25(27)28/h2-9,16,26H,10H2,1H3,(H,21,22). The predicted molar refractivity (Wildman–Crippen MR) is 107 cm³/mol. The number of hydrogen-bond donors (Lipinski definition) is 2. The summed E-state index contributed by atoms with van der Waals surface area (Å²) in [6.45, 7) is 1.99. The minimum Gasteiger partial charge on any atom is -0.387 e. The van der Waals surface area contributed by atoms with Crippen molar-refractivity contribution < 1.29 is 10.0 Å². The van der Waals surface area contributed by atoms with Gasteiger partial charge in [-0.05, 0) is 36.8 Å². The number of benzene rings is 2. The van der Waals surface area contributed by atoms with E-state index >= 15 is 0 Å². The lowest BCUT2D eigenvalue weighted by Gasteiger charge is -2.14. The van der Waals surface area contributed by atoms with Crippen LogP contribution >= 0.6 is 11.6 Å². The van der Waals surface area contributed by atoms with Crippen LogP contribution in [0.1, 0.15) is 17.4 Å². The van der Waals surface area contributed by atoms with Gasteiger partial charge in [0.15, 0.2) is 5.65 Å². The Bertz CT molecular complexity index is 1190. The zero-order valence-corrected chi connectivity index (χ0v) is 15.6. The summed E-state index contributed by atoms with van der Waals surface area (Å²) in [5.74, 6) is 0.575. The Labute approximate surface area is 164 Å². The molecule has 0 fully saturated rings. The number of nitrogens with zero attached hydrogens (tertiary/aromatic N) is 4. The molecule has 0 aliphatic heterocycles. The quantitative estimate of drug-likeness (QED) is 0.391. The Balaban J connectivity index is 1.65. The summed E-state index contributed by atoms with van der Waals surface area (Å²) in [4.78, 5) is 14.9. The van der Waals surface area contributed by atoms with E-state index in [0.29, 0.717) is 27.7 Å². The number of hydrogen-bond acceptors (Lipinski definition) is 6. The Morgan fingerprint density at radius 3 is 2.68 bits per heavy atom. The third-order valence-corrected chi connectivity index (χ3v) is 4.96. The van der Waals surface area contributed by atoms with Crippen LogP contribution in [0.3, 0.4) is 0 Å². The van der Waals surface area contributed by atoms with E-state index in [2.05, 4.69) is 15.4 Å². The summed E-state index contributed by atoms with van der Waals surface area (Å²) in [7, 11) is 0. The highest BCUT2D eigenvalue weighted by Crippen LogP contribution is 2.28. The van der Waals surface area contributed by atoms with E-state index in [4.69, 9.17) is 11.6 Å². The van der Waals surface area contributed by atoms with Crippen molar-refractivity contribution in [2.45, 2.75) is 13.0 Å². The van der Waals surface area contributed by atoms with E-state index < -0.39 is 11.0 Å². The van der Waals surface area contributed by atoms with Crippen LogP contribution in [0.15, 0.2) is 48.5 Å². The third-order valence-electron chi connectivity index (χ3n) is 4.52. The third kappa shape index (κ3) is 3.12. The molecule has 9 heteroatoms. The normalized spacial score (nSPS) is 12.4. The number of halogens is 1. The van der Waals surface area contributed by atoms with Gasteiger partial charge in [0.1, 0.15) is 10.8 Å². The minimum absolute atomic E-state index is 0.0206. The van der Waals surface area contributed by atoms with Crippen molar-refractivity contribution in [3.63, 3.8) is 0 Å². The molecule has 0 amide bonds. The molecule has 0 spiro atoms. The van der Waals surface area contributed by atoms with Gasteiger partial charge in [0.05, 0.1) is 22.2 Å². The Morgan fingerprint density at radius 2 is 1.96 bits per heavy atom. The first kappa shape index (κ1) is 18.1. The van der Waals surface area contributed by atoms with Crippen LogP contribution in [0.25, 0.3) is 16.6 Å². The van der Waals surface area contributed by atoms with Crippen LogP contribution in [0.2, 0.25) is 5.02 Å². The van der Waals surface area contributed by atoms with E-state index in [0.717, 1.165) is 10.9 Å². The lowest BCUT2D eigenvalue weighted by atomic mass is 10.1. The number of aromatic nitrogens is 3. The number of non-ortho nitro benzene ring substituents is 1. The number of fused-ring (bicyclic) bond motifs is 3. The topological polar surface area (TPSA) is 106 Å². The van der Waals surface area contributed by atoms with Crippen LogP contribution in [-0.4, -0.2) is 31.2 Å². The number of aryl methyl sites for hydroxylation is 1. The van der Waals surface area contributed by atoms with Gasteiger partial charge in [-0.1, -0.05) is 23.7 Å². The molecule has 0 saturated carbocycles. The second-order valence-electron chi connectivity index (χ2n) is 6.36. The number of rotatable bonds is 5. The van der Waals surface area contributed by atoms with Crippen LogP contribution < -0.4 is 5.32 Å². The maximum absolute atomic E-state index is 10.8. The molecule has 4 aromatic rings. The average molecular weight is 398 g/mol. The molecule has 142 valence electrons. The molecule has 0 bridgehead atoms. The van der Waals surface area contributed by atoms with Crippen molar-refractivity contribution >= 4 is 39.7 Å². The van der Waals surface area contributed by atoms with Crippen molar-refractivity contribution in [1.29, 1.82) is 0 Å². The average Bonchev–Trinajstić information content (AvgIpc) is 3.00. The van der Waals surface area contributed by atoms with Gasteiger partial charge >= 0.3 is 0 Å². The number of aliphatic hydroxyl groups excluding tert-OH is 1. The molecule has 28 heavy (non-hydrogen) atoms. The number of aliphatic hydroxyl groups is 1. The van der Waals surface area contributed by atoms with Crippen molar-refractivity contribution in [2.75, 3.05) is 11.9 Å². The van der Waals surface area contributed by atoms with Crippen molar-refractivity contribution in [3.05, 3.63) is 74.9 Å². The van der Waals surface area contributed by atoms with Crippen LogP contribution in [0.4, 0.5) is 11.5 Å². The smallest absolute Gasteiger partial charge is 0.269 e. The first-order valence-electron chi connectivity index (χ1n) is 8.55. The van der Waals surface area contributed by atoms with E-state index in [1.54, 1.807) is 4.52 Å². The molecule has 0 saturated heterocycles. The lowest BCUT2D eigenvalue weighted by Crippen LogP contribution is -2.14. The van der Waals surface area contributed by atoms with Gasteiger partial charge < -0.3 is 10.4 Å². The van der Waals surface area contributed by atoms with Crippen LogP contribution in [0.5, 0.6) is 0 Å². The summed E-state index contributed by atoms with van der Waals surface area (Å²) in [5.41, 5.74) is 2.61. The van der Waals surface area contributed by atoms with Crippen LogP contribution in [0, 0.1) is 17.0 Å². The fourth-order valence-corrected chi connectivity index (χ4v) is 3.21. The summed E-state index contributed by atoms with van der Waals surface area (Å²) >= 11 is 6.33. The first-order chi connectivity index (χ1) is 13.5. The predicted octanol–water partition coefficient (Wildman–Crippen LogP) is 3.90. The number of para-hydroxylation sites is 1. The Kier molecular flexibility index (Phi) is 4.58. The monoisotopic (exact) mass is 397 g/mol. The summed E-state index contributed by atoms with van der Waals surface area (Å²) in [6.07, 6.45) is -0.861. The molecule has 1 unspecified atom stereocenters. The molecule has 8 nitrogen and oxygen atoms in total. The summed E-state index contributed by atoms with van der Waals surface area (Å²) in [6, 6.07) is 13.4. The Morgan fingerprint density at radius 1 is 1.25 bits per heavy atom. The molecule has 2 N–H and O–H groups in total. The zero-order chi connectivity index (χ0) is 19.8. The van der Waals surface area contributed by atoms with Gasteiger partial charge in [-0.3, -0.25) is 10.1 Å². The molecule has 2 aromatic carbocycles. The van der Waals surface area contributed by atoms with Gasteiger partial charge in [0.2, 0.25) is 0 Å². The highest BCUT2D eigenvalue weighted by Gasteiger charge is 2.16. The van der Waals surface area contributed by atoms with Gasteiger partial charge in [0.25, 0.3) is 5.69 Å². The number of nitrogens with one attached hydrogen (secondary N) is 1. The van der Waals surface area contributed by atoms with E-state index in [9.17, 15) is 15.2 Å². The highest BCUT2D eigenvalue weighted by molar-refractivity contribution is 6.34. The molecule has 2 heterocycles. The molecular weight excluding hydrogens is 382 g/mol. The SMILES string of the molecule is Cc1nn2c(nc(NCC(O)c3ccc([N+](=O)[O-])cc3)c3ccccc32)c1Cl. The van der Waals surface area contributed by atoms with E-state index in [1.807, 2.05) is 31.2 Å². The van der Waals surface area contributed by atoms with Crippen molar-refractivity contribution in [1.82, 2.24) is 14.6 Å². The molecule has 0 aliphatic rings. The largest absolute Gasteiger partial charge is 0.387 e. The van der Waals surface area contributed by atoms with Gasteiger partial charge in [0, 0.05) is 24.1 Å². The maximum Gasteiger partial charge on any atom is 0.269 e. The zero-order valence-electron chi connectivity index (χ0n) is 14.8. The minimum atomic E-state index is -0.861. The maximum atomic E-state index is 10.8. The molecule has 2 aromatic heterocycles. The van der Waals surface area contributed by atoms with Crippen molar-refractivity contribution in [3.8, 4) is 0 Å². The van der Waals surface area contributed by atoms with Crippen LogP contribution in [-0.2, 0) is 0 Å². The number of nitro benzene ring substituents is 1. The van der Waals surface area contributed by atoms with Crippen molar-refractivity contribution in [2.24, 2.45) is 0 Å². The van der Waals surface area contributed by atoms with E-state index in [-0.39, 0.29) is 12.2 Å². The number of nitro groups is 1. The second-order valence-corrected chi connectivity index (χ2v) is 6.74. The molecule has 4 rings (SSSR count). The highest BCUT2D eigenvalue weighted by atomic mass is 35.5. The molecule has 0 radical (unpaired) electrons. The van der Waals surface area contributed by atoms with Gasteiger partial charge in [-0.15, -0.1) is 0 Å². The molecule has 0 aliphatic carbocycles. The summed E-state index contributed by atoms with van der Waals surface area (Å²) in [5, 5.41) is 30.1. The fraction of sp³-hybridized carbons (Fsp3) is 0.158. The Hall–Kier alpha value is -3.23. The second kappa shape index (κ2) is 7.06. The number of anilines is 1. The van der Waals surface area contributed by atoms with Gasteiger partial charge in [-0.25, -0.2) is 9.50 Å². The first-order valence-corrected chi connectivity index (χ1v) is 8.93.